The van der Waals surface area contributed by atoms with E-state index in [1.165, 1.54) is 0 Å². The first kappa shape index (κ1) is 16.2. The minimum Gasteiger partial charge on any atom is -0.409 e. The van der Waals surface area contributed by atoms with Crippen LogP contribution in [0.3, 0.4) is 0 Å². The second-order valence-corrected chi connectivity index (χ2v) is 7.29. The lowest BCUT2D eigenvalue weighted by Gasteiger charge is -2.37. The summed E-state index contributed by atoms with van der Waals surface area (Å²) in [7, 11) is -2.89. The van der Waals surface area contributed by atoms with Gasteiger partial charge < -0.3 is 10.9 Å². The molecule has 112 valence electrons. The average Bonchev–Trinajstić information content (AvgIpc) is 2.44. The quantitative estimate of drug-likeness (QED) is 0.287. The van der Waals surface area contributed by atoms with E-state index in [1.807, 2.05) is 6.92 Å². The molecule has 8 heteroatoms. The van der Waals surface area contributed by atoms with E-state index < -0.39 is 9.84 Å². The van der Waals surface area contributed by atoms with Gasteiger partial charge in [0.15, 0.2) is 15.7 Å². The SMILES string of the molecule is CCS(=O)(=O)CCN1CCN(C(C)/C(N)=N/O)CC1. The van der Waals surface area contributed by atoms with Crippen LogP contribution in [0.15, 0.2) is 5.16 Å². The zero-order valence-corrected chi connectivity index (χ0v) is 12.4. The van der Waals surface area contributed by atoms with Gasteiger partial charge in [-0.2, -0.15) is 0 Å². The second-order valence-electron chi connectivity index (χ2n) is 4.81. The smallest absolute Gasteiger partial charge is 0.156 e. The normalized spacial score (nSPS) is 21.5. The molecule has 1 saturated heterocycles. The summed E-state index contributed by atoms with van der Waals surface area (Å²) in [5, 5.41) is 11.7. The summed E-state index contributed by atoms with van der Waals surface area (Å²) in [6, 6.07) is -0.0912. The Hall–Kier alpha value is -0.860. The van der Waals surface area contributed by atoms with Crippen LogP contribution >= 0.6 is 0 Å². The van der Waals surface area contributed by atoms with Gasteiger partial charge in [-0.25, -0.2) is 8.42 Å². The molecule has 3 N–H and O–H groups in total. The van der Waals surface area contributed by atoms with Crippen LogP contribution in [0.2, 0.25) is 0 Å². The molecule has 0 aromatic heterocycles. The third-order valence-electron chi connectivity index (χ3n) is 3.66. The van der Waals surface area contributed by atoms with Crippen LogP contribution in [0.1, 0.15) is 13.8 Å². The van der Waals surface area contributed by atoms with Gasteiger partial charge in [0.2, 0.25) is 0 Å². The van der Waals surface area contributed by atoms with Crippen LogP contribution < -0.4 is 5.73 Å². The minimum atomic E-state index is -2.89. The molecule has 1 heterocycles. The van der Waals surface area contributed by atoms with Crippen molar-refractivity contribution in [3.05, 3.63) is 0 Å². The van der Waals surface area contributed by atoms with Crippen molar-refractivity contribution in [1.82, 2.24) is 9.80 Å². The van der Waals surface area contributed by atoms with Gasteiger partial charge in [0.05, 0.1) is 11.8 Å². The van der Waals surface area contributed by atoms with Crippen molar-refractivity contribution < 1.29 is 13.6 Å². The summed E-state index contributed by atoms with van der Waals surface area (Å²) >= 11 is 0. The summed E-state index contributed by atoms with van der Waals surface area (Å²) in [5.74, 6) is 0.634. The monoisotopic (exact) mass is 292 g/mol. The van der Waals surface area contributed by atoms with E-state index in [9.17, 15) is 8.42 Å². The van der Waals surface area contributed by atoms with Crippen molar-refractivity contribution in [3.8, 4) is 0 Å². The molecular weight excluding hydrogens is 268 g/mol. The number of rotatable bonds is 6. The number of sulfone groups is 1. The van der Waals surface area contributed by atoms with E-state index in [-0.39, 0.29) is 23.4 Å². The maximum atomic E-state index is 11.4. The van der Waals surface area contributed by atoms with E-state index in [4.69, 9.17) is 10.9 Å². The number of nitrogens with zero attached hydrogens (tertiary/aromatic N) is 3. The van der Waals surface area contributed by atoms with Crippen molar-refractivity contribution >= 4 is 15.7 Å². The van der Waals surface area contributed by atoms with E-state index in [2.05, 4.69) is 15.0 Å². The topological polar surface area (TPSA) is 99.2 Å². The summed E-state index contributed by atoms with van der Waals surface area (Å²) < 4.78 is 22.9. The molecule has 0 bridgehead atoms. The molecule has 0 amide bonds. The molecular formula is C11H24N4O3S. The van der Waals surface area contributed by atoms with Crippen molar-refractivity contribution in [2.45, 2.75) is 19.9 Å². The average molecular weight is 292 g/mol. The Balaban J connectivity index is 2.37. The molecule has 0 aromatic rings. The molecule has 19 heavy (non-hydrogen) atoms. The fourth-order valence-electron chi connectivity index (χ4n) is 2.06. The number of amidine groups is 1. The zero-order chi connectivity index (χ0) is 14.5. The first-order valence-corrected chi connectivity index (χ1v) is 8.36. The van der Waals surface area contributed by atoms with Crippen LogP contribution in [0.5, 0.6) is 0 Å². The summed E-state index contributed by atoms with van der Waals surface area (Å²) in [6.07, 6.45) is 0. The Morgan fingerprint density at radius 1 is 1.37 bits per heavy atom. The lowest BCUT2D eigenvalue weighted by Crippen LogP contribution is -2.53. The molecule has 1 atom stereocenters. The van der Waals surface area contributed by atoms with Gasteiger partial charge >= 0.3 is 0 Å². The molecule has 1 aliphatic heterocycles. The van der Waals surface area contributed by atoms with Gasteiger partial charge in [-0.3, -0.25) is 9.80 Å². The molecule has 0 spiro atoms. The number of hydrogen-bond donors (Lipinski definition) is 2. The zero-order valence-electron chi connectivity index (χ0n) is 11.6. The van der Waals surface area contributed by atoms with Crippen molar-refractivity contribution in [1.29, 1.82) is 0 Å². The summed E-state index contributed by atoms with van der Waals surface area (Å²) in [4.78, 5) is 4.27. The third-order valence-corrected chi connectivity index (χ3v) is 5.34. The summed E-state index contributed by atoms with van der Waals surface area (Å²) in [6.45, 7) is 7.36. The van der Waals surface area contributed by atoms with Crippen molar-refractivity contribution in [2.24, 2.45) is 10.9 Å². The molecule has 0 aliphatic carbocycles. The maximum Gasteiger partial charge on any atom is 0.156 e. The molecule has 1 rings (SSSR count). The molecule has 0 aromatic carbocycles. The van der Waals surface area contributed by atoms with Crippen molar-refractivity contribution in [3.63, 3.8) is 0 Å². The molecule has 1 unspecified atom stereocenters. The first-order valence-electron chi connectivity index (χ1n) is 6.54. The molecule has 1 fully saturated rings. The number of nitrogens with two attached hydrogens (primary N) is 1. The number of hydrogen-bond acceptors (Lipinski definition) is 6. The van der Waals surface area contributed by atoms with E-state index >= 15 is 0 Å². The van der Waals surface area contributed by atoms with Crippen LogP contribution in [-0.4, -0.2) is 79.5 Å². The lowest BCUT2D eigenvalue weighted by molar-refractivity contribution is 0.126. The van der Waals surface area contributed by atoms with Gasteiger partial charge in [0.25, 0.3) is 0 Å². The Kier molecular flexibility index (Phi) is 6.02. The minimum absolute atomic E-state index is 0.0912. The predicted molar refractivity (Wildman–Crippen MR) is 75.2 cm³/mol. The Morgan fingerprint density at radius 3 is 2.42 bits per heavy atom. The number of oxime groups is 1. The highest BCUT2D eigenvalue weighted by atomic mass is 32.2. The molecule has 0 saturated carbocycles. The van der Waals surface area contributed by atoms with E-state index in [0.29, 0.717) is 6.54 Å². The van der Waals surface area contributed by atoms with E-state index in [0.717, 1.165) is 26.2 Å². The van der Waals surface area contributed by atoms with Crippen molar-refractivity contribution in [2.75, 3.05) is 44.2 Å². The van der Waals surface area contributed by atoms with Crippen LogP contribution in [-0.2, 0) is 9.84 Å². The first-order chi connectivity index (χ1) is 8.89. The standard InChI is InChI=1S/C11H24N4O3S/c1-3-19(17,18)9-8-14-4-6-15(7-5-14)10(2)11(12)13-16/h10,16H,3-9H2,1-2H3,(H2,12,13). The van der Waals surface area contributed by atoms with Crippen LogP contribution in [0, 0.1) is 0 Å². The van der Waals surface area contributed by atoms with Gasteiger partial charge in [-0.1, -0.05) is 12.1 Å². The van der Waals surface area contributed by atoms with Gasteiger partial charge in [0.1, 0.15) is 0 Å². The van der Waals surface area contributed by atoms with Gasteiger partial charge in [0, 0.05) is 38.5 Å². The van der Waals surface area contributed by atoms with E-state index in [1.54, 1.807) is 6.92 Å². The highest BCUT2D eigenvalue weighted by Crippen LogP contribution is 2.07. The summed E-state index contributed by atoms with van der Waals surface area (Å²) in [5.41, 5.74) is 5.58. The molecule has 1 aliphatic rings. The highest BCUT2D eigenvalue weighted by Gasteiger charge is 2.23. The Labute approximate surface area is 115 Å². The number of piperazine rings is 1. The molecule has 0 radical (unpaired) electrons. The predicted octanol–water partition coefficient (Wildman–Crippen LogP) is -0.826. The fourth-order valence-corrected chi connectivity index (χ4v) is 2.88. The molecule has 7 nitrogen and oxygen atoms in total. The second kappa shape index (κ2) is 7.06. The third kappa shape index (κ3) is 4.96. The van der Waals surface area contributed by atoms with Gasteiger partial charge in [-0.15, -0.1) is 0 Å². The van der Waals surface area contributed by atoms with Gasteiger partial charge in [-0.05, 0) is 6.92 Å². The fraction of sp³-hybridized carbons (Fsp3) is 0.909. The largest absolute Gasteiger partial charge is 0.409 e. The van der Waals surface area contributed by atoms with Crippen LogP contribution in [0.25, 0.3) is 0 Å². The Morgan fingerprint density at radius 2 is 1.95 bits per heavy atom. The Bertz CT molecular complexity index is 402. The van der Waals surface area contributed by atoms with Crippen LogP contribution in [0.4, 0.5) is 0 Å². The highest BCUT2D eigenvalue weighted by molar-refractivity contribution is 7.91. The lowest BCUT2D eigenvalue weighted by atomic mass is 10.2. The maximum absolute atomic E-state index is 11.4.